The maximum absolute atomic E-state index is 12.9. The highest BCUT2D eigenvalue weighted by atomic mass is 127. The van der Waals surface area contributed by atoms with Crippen LogP contribution >= 0.6 is 24.0 Å². The summed E-state index contributed by atoms with van der Waals surface area (Å²) in [5.74, 6) is 1.20. The van der Waals surface area contributed by atoms with Gasteiger partial charge >= 0.3 is 6.18 Å². The second-order valence-electron chi connectivity index (χ2n) is 6.12. The van der Waals surface area contributed by atoms with Crippen molar-refractivity contribution < 1.29 is 17.9 Å². The molecule has 0 aliphatic heterocycles. The molecule has 0 amide bonds. The van der Waals surface area contributed by atoms with Crippen LogP contribution in [0.25, 0.3) is 0 Å². The maximum atomic E-state index is 12.9. The van der Waals surface area contributed by atoms with Gasteiger partial charge in [-0.05, 0) is 37.3 Å². The largest absolute Gasteiger partial charge is 0.419 e. The van der Waals surface area contributed by atoms with Crippen molar-refractivity contribution in [3.05, 3.63) is 23.9 Å². The molecule has 27 heavy (non-hydrogen) atoms. The monoisotopic (exact) mass is 501 g/mol. The number of rotatable bonds is 10. The molecule has 154 valence electrons. The number of nitrogens with one attached hydrogen (secondary N) is 3. The number of ether oxygens (including phenoxy) is 1. The molecule has 0 spiro atoms. The van der Waals surface area contributed by atoms with E-state index in [0.29, 0.717) is 19.1 Å². The lowest BCUT2D eigenvalue weighted by atomic mass is 10.2. The first-order valence-electron chi connectivity index (χ1n) is 8.79. The number of anilines is 1. The number of alkyl halides is 3. The summed E-state index contributed by atoms with van der Waals surface area (Å²) < 4.78 is 44.2. The van der Waals surface area contributed by atoms with E-state index in [1.807, 2.05) is 0 Å². The summed E-state index contributed by atoms with van der Waals surface area (Å²) >= 11 is 0. The summed E-state index contributed by atoms with van der Waals surface area (Å²) in [6, 6.07) is 2.28. The van der Waals surface area contributed by atoms with Crippen LogP contribution in [0.15, 0.2) is 23.3 Å². The van der Waals surface area contributed by atoms with Gasteiger partial charge in [0.25, 0.3) is 0 Å². The van der Waals surface area contributed by atoms with Gasteiger partial charge in [0.2, 0.25) is 0 Å². The van der Waals surface area contributed by atoms with Crippen molar-refractivity contribution in [2.75, 3.05) is 45.2 Å². The molecule has 6 nitrogen and oxygen atoms in total. The molecule has 1 saturated carbocycles. The molecule has 1 aromatic heterocycles. The number of hydrogen-bond acceptors (Lipinski definition) is 4. The molecule has 10 heteroatoms. The molecule has 1 fully saturated rings. The Balaban J connectivity index is 0.00000364. The van der Waals surface area contributed by atoms with Crippen LogP contribution in [0.3, 0.4) is 0 Å². The molecule has 0 radical (unpaired) electrons. The van der Waals surface area contributed by atoms with Gasteiger partial charge in [0.05, 0.1) is 5.56 Å². The van der Waals surface area contributed by atoms with Gasteiger partial charge in [0.15, 0.2) is 5.96 Å². The van der Waals surface area contributed by atoms with E-state index in [1.165, 1.54) is 25.1 Å². The Labute approximate surface area is 174 Å². The highest BCUT2D eigenvalue weighted by molar-refractivity contribution is 14.0. The molecule has 1 aromatic rings. The van der Waals surface area contributed by atoms with Gasteiger partial charge in [-0.15, -0.1) is 24.0 Å². The quantitative estimate of drug-likeness (QED) is 0.199. The SMILES string of the molecule is CN=C(NCCCOCC1CC1)NCCNc1ncccc1C(F)(F)F.I. The Hall–Kier alpha value is -1.30. The van der Waals surface area contributed by atoms with E-state index in [-0.39, 0.29) is 36.3 Å². The Kier molecular flexibility index (Phi) is 10.7. The minimum atomic E-state index is -4.43. The number of aliphatic imine (C=N–C) groups is 1. The average molecular weight is 501 g/mol. The number of hydrogen-bond donors (Lipinski definition) is 3. The molecule has 2 rings (SSSR count). The summed E-state index contributed by atoms with van der Waals surface area (Å²) in [5.41, 5.74) is -0.770. The second-order valence-corrected chi connectivity index (χ2v) is 6.12. The van der Waals surface area contributed by atoms with Crippen molar-refractivity contribution in [3.63, 3.8) is 0 Å². The van der Waals surface area contributed by atoms with Crippen LogP contribution < -0.4 is 16.0 Å². The number of guanidine groups is 1. The number of aromatic nitrogens is 1. The van der Waals surface area contributed by atoms with E-state index in [4.69, 9.17) is 4.74 Å². The Morgan fingerprint density at radius 1 is 1.26 bits per heavy atom. The first-order chi connectivity index (χ1) is 12.5. The fourth-order valence-electron chi connectivity index (χ4n) is 2.27. The fourth-order valence-corrected chi connectivity index (χ4v) is 2.27. The Morgan fingerprint density at radius 2 is 2.00 bits per heavy atom. The number of halogens is 4. The third-order valence-corrected chi connectivity index (χ3v) is 3.85. The molecule has 0 bridgehead atoms. The lowest BCUT2D eigenvalue weighted by Gasteiger charge is -2.15. The van der Waals surface area contributed by atoms with Crippen molar-refractivity contribution in [1.82, 2.24) is 15.6 Å². The van der Waals surface area contributed by atoms with Crippen molar-refractivity contribution in [3.8, 4) is 0 Å². The van der Waals surface area contributed by atoms with Gasteiger partial charge in [-0.3, -0.25) is 4.99 Å². The summed E-state index contributed by atoms with van der Waals surface area (Å²) in [4.78, 5) is 7.83. The summed E-state index contributed by atoms with van der Waals surface area (Å²) in [5, 5.41) is 8.89. The maximum Gasteiger partial charge on any atom is 0.419 e. The van der Waals surface area contributed by atoms with Gasteiger partial charge < -0.3 is 20.7 Å². The van der Waals surface area contributed by atoms with E-state index < -0.39 is 11.7 Å². The smallest absolute Gasteiger partial charge is 0.381 e. The van der Waals surface area contributed by atoms with E-state index in [9.17, 15) is 13.2 Å². The zero-order valence-corrected chi connectivity index (χ0v) is 17.6. The van der Waals surface area contributed by atoms with Gasteiger partial charge in [-0.2, -0.15) is 13.2 Å². The fraction of sp³-hybridized carbons (Fsp3) is 0.647. The summed E-state index contributed by atoms with van der Waals surface area (Å²) in [6.45, 7) is 2.97. The van der Waals surface area contributed by atoms with E-state index in [1.54, 1.807) is 7.05 Å². The van der Waals surface area contributed by atoms with Crippen LogP contribution in [-0.4, -0.2) is 50.8 Å². The molecule has 0 aromatic carbocycles. The minimum absolute atomic E-state index is 0. The van der Waals surface area contributed by atoms with Gasteiger partial charge in [-0.25, -0.2) is 4.98 Å². The molecule has 0 atom stereocenters. The van der Waals surface area contributed by atoms with E-state index in [0.717, 1.165) is 31.6 Å². The van der Waals surface area contributed by atoms with Crippen LogP contribution in [0, 0.1) is 5.92 Å². The van der Waals surface area contributed by atoms with Gasteiger partial charge in [-0.1, -0.05) is 0 Å². The van der Waals surface area contributed by atoms with Crippen molar-refractivity contribution in [2.24, 2.45) is 10.9 Å². The van der Waals surface area contributed by atoms with Crippen LogP contribution in [-0.2, 0) is 10.9 Å². The highest BCUT2D eigenvalue weighted by Gasteiger charge is 2.33. The topological polar surface area (TPSA) is 70.6 Å². The van der Waals surface area contributed by atoms with Crippen molar-refractivity contribution in [1.29, 1.82) is 0 Å². The average Bonchev–Trinajstić information content (AvgIpc) is 3.43. The lowest BCUT2D eigenvalue weighted by Crippen LogP contribution is -2.40. The first-order valence-corrected chi connectivity index (χ1v) is 8.79. The standard InChI is InChI=1S/C17H26F3N5O.HI/c1-21-16(24-8-3-11-26-12-13-5-6-13)25-10-9-23-15-14(17(18,19)20)4-2-7-22-15;/h2,4,7,13H,3,5-6,8-12H2,1H3,(H,22,23)(H2,21,24,25);1H. The van der Waals surface area contributed by atoms with E-state index >= 15 is 0 Å². The van der Waals surface area contributed by atoms with Crippen LogP contribution in [0.4, 0.5) is 19.0 Å². The first kappa shape index (κ1) is 23.7. The zero-order valence-electron chi connectivity index (χ0n) is 15.3. The second kappa shape index (κ2) is 12.2. The van der Waals surface area contributed by atoms with Crippen molar-refractivity contribution in [2.45, 2.75) is 25.4 Å². The molecular formula is C17H27F3IN5O. The van der Waals surface area contributed by atoms with E-state index in [2.05, 4.69) is 25.9 Å². The van der Waals surface area contributed by atoms with Crippen LogP contribution in [0.5, 0.6) is 0 Å². The summed E-state index contributed by atoms with van der Waals surface area (Å²) in [6.07, 6.45) is 0.339. The van der Waals surface area contributed by atoms with Gasteiger partial charge in [0.1, 0.15) is 5.82 Å². The summed E-state index contributed by atoms with van der Waals surface area (Å²) in [7, 11) is 1.65. The third kappa shape index (κ3) is 9.45. The Bertz CT molecular complexity index is 582. The Morgan fingerprint density at radius 3 is 2.67 bits per heavy atom. The zero-order chi connectivity index (χ0) is 18.8. The molecule has 1 aliphatic carbocycles. The van der Waals surface area contributed by atoms with Crippen LogP contribution in [0.2, 0.25) is 0 Å². The predicted octanol–water partition coefficient (Wildman–Crippen LogP) is 3.11. The molecule has 0 unspecified atom stereocenters. The predicted molar refractivity (Wildman–Crippen MR) is 111 cm³/mol. The normalized spacial score (nSPS) is 14.4. The highest BCUT2D eigenvalue weighted by Crippen LogP contribution is 2.33. The van der Waals surface area contributed by atoms with Crippen LogP contribution in [0.1, 0.15) is 24.8 Å². The van der Waals surface area contributed by atoms with Crippen molar-refractivity contribution >= 4 is 35.8 Å². The molecule has 1 aliphatic rings. The molecular weight excluding hydrogens is 474 g/mol. The minimum Gasteiger partial charge on any atom is -0.381 e. The lowest BCUT2D eigenvalue weighted by molar-refractivity contribution is -0.137. The molecule has 1 heterocycles. The third-order valence-electron chi connectivity index (χ3n) is 3.85. The number of pyridine rings is 1. The molecule has 3 N–H and O–H groups in total. The van der Waals surface area contributed by atoms with Gasteiger partial charge in [0, 0.05) is 46.1 Å². The molecule has 0 saturated heterocycles. The number of nitrogens with zero attached hydrogens (tertiary/aromatic N) is 2.